The molecule has 3 rings (SSSR count). The van der Waals surface area contributed by atoms with Crippen LogP contribution in [0.4, 0.5) is 11.6 Å². The molecule has 0 aliphatic carbocycles. The smallest absolute Gasteiger partial charge is 0.180 e. The average molecular weight is 275 g/mol. The van der Waals surface area contributed by atoms with Crippen LogP contribution in [0.2, 0.25) is 0 Å². The summed E-state index contributed by atoms with van der Waals surface area (Å²) in [7, 11) is 0. The molecule has 1 saturated heterocycles. The highest BCUT2D eigenvalue weighted by Crippen LogP contribution is 2.23. The minimum absolute atomic E-state index is 0.281. The van der Waals surface area contributed by atoms with Crippen molar-refractivity contribution < 1.29 is 4.74 Å². The number of aromatic nitrogens is 3. The van der Waals surface area contributed by atoms with Crippen LogP contribution in [0.5, 0.6) is 0 Å². The standard InChI is InChI=1S/C14H21N5O/c1-3-11-9-19(7-8-20-11)14-13-16-5-6-18(13)10-12(17-14)15-4-2/h5-6,10-11,15H,3-4,7-9H2,1-2H3. The van der Waals surface area contributed by atoms with Crippen LogP contribution in [-0.4, -0.2) is 46.7 Å². The van der Waals surface area contributed by atoms with Crippen molar-refractivity contribution in [2.75, 3.05) is 36.5 Å². The largest absolute Gasteiger partial charge is 0.375 e. The second-order valence-corrected chi connectivity index (χ2v) is 4.99. The van der Waals surface area contributed by atoms with E-state index in [0.717, 1.165) is 49.9 Å². The maximum Gasteiger partial charge on any atom is 0.180 e. The van der Waals surface area contributed by atoms with E-state index in [1.807, 2.05) is 23.0 Å². The third-order valence-electron chi connectivity index (χ3n) is 3.61. The molecule has 2 aromatic rings. The minimum atomic E-state index is 0.281. The lowest BCUT2D eigenvalue weighted by atomic mass is 10.2. The molecule has 0 aromatic carbocycles. The number of hydrogen-bond donors (Lipinski definition) is 1. The second-order valence-electron chi connectivity index (χ2n) is 4.99. The quantitative estimate of drug-likeness (QED) is 0.921. The van der Waals surface area contributed by atoms with Crippen LogP contribution in [-0.2, 0) is 4.74 Å². The van der Waals surface area contributed by atoms with Gasteiger partial charge in [-0.05, 0) is 13.3 Å². The van der Waals surface area contributed by atoms with Gasteiger partial charge in [0.2, 0.25) is 0 Å². The summed E-state index contributed by atoms with van der Waals surface area (Å²) < 4.78 is 7.76. The van der Waals surface area contributed by atoms with Gasteiger partial charge in [0.25, 0.3) is 0 Å². The number of morpholine rings is 1. The number of rotatable bonds is 4. The molecule has 1 unspecified atom stereocenters. The first-order valence-corrected chi connectivity index (χ1v) is 7.26. The van der Waals surface area contributed by atoms with Crippen molar-refractivity contribution in [2.24, 2.45) is 0 Å². The van der Waals surface area contributed by atoms with Crippen LogP contribution in [0, 0.1) is 0 Å². The average Bonchev–Trinajstić information content (AvgIpc) is 2.95. The predicted octanol–water partition coefficient (Wildman–Crippen LogP) is 1.78. The van der Waals surface area contributed by atoms with Gasteiger partial charge < -0.3 is 19.4 Å². The third-order valence-corrected chi connectivity index (χ3v) is 3.61. The third kappa shape index (κ3) is 2.43. The Bertz CT molecular complexity index is 582. The summed E-state index contributed by atoms with van der Waals surface area (Å²) in [4.78, 5) is 11.4. The van der Waals surface area contributed by atoms with Gasteiger partial charge in [-0.3, -0.25) is 0 Å². The number of nitrogens with one attached hydrogen (secondary N) is 1. The number of fused-ring (bicyclic) bond motifs is 1. The van der Waals surface area contributed by atoms with Gasteiger partial charge in [-0.15, -0.1) is 0 Å². The number of ether oxygens (including phenoxy) is 1. The Hall–Kier alpha value is -1.82. The van der Waals surface area contributed by atoms with Gasteiger partial charge in [0, 0.05) is 32.0 Å². The van der Waals surface area contributed by atoms with Gasteiger partial charge in [0.15, 0.2) is 11.5 Å². The molecule has 3 heterocycles. The molecule has 6 nitrogen and oxygen atoms in total. The van der Waals surface area contributed by atoms with Crippen molar-refractivity contribution in [3.8, 4) is 0 Å². The highest BCUT2D eigenvalue weighted by molar-refractivity contribution is 5.67. The fourth-order valence-corrected chi connectivity index (χ4v) is 2.55. The summed E-state index contributed by atoms with van der Waals surface area (Å²) in [5.41, 5.74) is 0.906. The van der Waals surface area contributed by atoms with Crippen molar-refractivity contribution in [1.29, 1.82) is 0 Å². The highest BCUT2D eigenvalue weighted by atomic mass is 16.5. The molecular formula is C14H21N5O. The summed E-state index contributed by atoms with van der Waals surface area (Å²) in [6.45, 7) is 7.57. The molecule has 1 atom stereocenters. The van der Waals surface area contributed by atoms with Crippen molar-refractivity contribution in [3.63, 3.8) is 0 Å². The molecular weight excluding hydrogens is 254 g/mol. The Kier molecular flexibility index (Phi) is 3.73. The van der Waals surface area contributed by atoms with Crippen molar-refractivity contribution in [2.45, 2.75) is 26.4 Å². The van der Waals surface area contributed by atoms with Crippen molar-refractivity contribution in [1.82, 2.24) is 14.4 Å². The van der Waals surface area contributed by atoms with E-state index in [9.17, 15) is 0 Å². The monoisotopic (exact) mass is 275 g/mol. The molecule has 0 amide bonds. The van der Waals surface area contributed by atoms with E-state index in [-0.39, 0.29) is 6.10 Å². The van der Waals surface area contributed by atoms with Gasteiger partial charge in [-0.25, -0.2) is 9.97 Å². The Morgan fingerprint density at radius 2 is 2.35 bits per heavy atom. The van der Waals surface area contributed by atoms with Crippen LogP contribution < -0.4 is 10.2 Å². The van der Waals surface area contributed by atoms with E-state index in [4.69, 9.17) is 9.72 Å². The summed E-state index contributed by atoms with van der Waals surface area (Å²) >= 11 is 0. The predicted molar refractivity (Wildman–Crippen MR) is 79.4 cm³/mol. The molecule has 0 saturated carbocycles. The normalized spacial score (nSPS) is 19.5. The number of imidazole rings is 1. The number of hydrogen-bond acceptors (Lipinski definition) is 5. The minimum Gasteiger partial charge on any atom is -0.375 e. The van der Waals surface area contributed by atoms with Gasteiger partial charge in [0.05, 0.1) is 18.9 Å². The maximum atomic E-state index is 5.74. The first-order valence-electron chi connectivity index (χ1n) is 7.26. The molecule has 20 heavy (non-hydrogen) atoms. The van der Waals surface area contributed by atoms with E-state index >= 15 is 0 Å². The van der Waals surface area contributed by atoms with E-state index in [1.165, 1.54) is 0 Å². The lowest BCUT2D eigenvalue weighted by Gasteiger charge is -2.33. The Balaban J connectivity index is 1.98. The van der Waals surface area contributed by atoms with Crippen molar-refractivity contribution in [3.05, 3.63) is 18.6 Å². The van der Waals surface area contributed by atoms with Gasteiger partial charge in [0.1, 0.15) is 5.82 Å². The van der Waals surface area contributed by atoms with E-state index < -0.39 is 0 Å². The van der Waals surface area contributed by atoms with Crippen LogP contribution in [0.25, 0.3) is 5.65 Å². The maximum absolute atomic E-state index is 5.74. The number of anilines is 2. The molecule has 1 aliphatic rings. The summed E-state index contributed by atoms with van der Waals surface area (Å²) in [5, 5.41) is 3.28. The number of nitrogens with zero attached hydrogens (tertiary/aromatic N) is 4. The molecule has 6 heteroatoms. The Labute approximate surface area is 118 Å². The summed E-state index contributed by atoms with van der Waals surface area (Å²) in [6.07, 6.45) is 7.05. The zero-order chi connectivity index (χ0) is 13.9. The first-order chi connectivity index (χ1) is 9.81. The van der Waals surface area contributed by atoms with Crippen molar-refractivity contribution >= 4 is 17.3 Å². The zero-order valence-electron chi connectivity index (χ0n) is 12.0. The lowest BCUT2D eigenvalue weighted by Crippen LogP contribution is -2.42. The summed E-state index contributed by atoms with van der Waals surface area (Å²) in [5.74, 6) is 1.82. The molecule has 0 radical (unpaired) electrons. The van der Waals surface area contributed by atoms with Crippen LogP contribution in [0.3, 0.4) is 0 Å². The molecule has 0 spiro atoms. The van der Waals surface area contributed by atoms with E-state index in [1.54, 1.807) is 0 Å². The molecule has 1 aliphatic heterocycles. The Morgan fingerprint density at radius 1 is 1.45 bits per heavy atom. The fourth-order valence-electron chi connectivity index (χ4n) is 2.55. The van der Waals surface area contributed by atoms with Crippen LogP contribution in [0.15, 0.2) is 18.6 Å². The van der Waals surface area contributed by atoms with Gasteiger partial charge in [-0.2, -0.15) is 0 Å². The topological polar surface area (TPSA) is 54.7 Å². The summed E-state index contributed by atoms with van der Waals surface area (Å²) in [6, 6.07) is 0. The highest BCUT2D eigenvalue weighted by Gasteiger charge is 2.22. The molecule has 0 bridgehead atoms. The van der Waals surface area contributed by atoms with E-state index in [0.29, 0.717) is 0 Å². The molecule has 1 N–H and O–H groups in total. The zero-order valence-corrected chi connectivity index (χ0v) is 12.0. The first kappa shape index (κ1) is 13.2. The molecule has 108 valence electrons. The van der Waals surface area contributed by atoms with Gasteiger partial charge >= 0.3 is 0 Å². The Morgan fingerprint density at radius 3 is 3.15 bits per heavy atom. The van der Waals surface area contributed by atoms with E-state index in [2.05, 4.69) is 29.0 Å². The van der Waals surface area contributed by atoms with Crippen LogP contribution in [0.1, 0.15) is 20.3 Å². The van der Waals surface area contributed by atoms with Gasteiger partial charge in [-0.1, -0.05) is 6.92 Å². The molecule has 2 aromatic heterocycles. The SMILES string of the molecule is CCNc1cn2ccnc2c(N2CCOC(CC)C2)n1. The molecule has 1 fully saturated rings. The van der Waals surface area contributed by atoms with Crippen LogP contribution >= 0.6 is 0 Å². The second kappa shape index (κ2) is 5.66. The lowest BCUT2D eigenvalue weighted by molar-refractivity contribution is 0.0382. The fraction of sp³-hybridized carbons (Fsp3) is 0.571.